The van der Waals surface area contributed by atoms with Gasteiger partial charge in [-0.2, -0.15) is 0 Å². The highest BCUT2D eigenvalue weighted by Gasteiger charge is 2.33. The Morgan fingerprint density at radius 3 is 2.71 bits per heavy atom. The number of halogens is 1. The van der Waals surface area contributed by atoms with Crippen LogP contribution >= 0.6 is 46.9 Å². The molecule has 1 aromatic heterocycles. The van der Waals surface area contributed by atoms with E-state index in [0.717, 1.165) is 27.8 Å². The van der Waals surface area contributed by atoms with E-state index >= 15 is 0 Å². The fraction of sp³-hybridized carbons (Fsp3) is 0.167. The van der Waals surface area contributed by atoms with E-state index in [1.165, 1.54) is 16.2 Å². The highest BCUT2D eigenvalue weighted by molar-refractivity contribution is 8.26. The second-order valence-electron chi connectivity index (χ2n) is 7.33. The van der Waals surface area contributed by atoms with Crippen molar-refractivity contribution in [2.45, 2.75) is 6.42 Å². The number of carbonyl (C=O) groups is 2. The quantitative estimate of drug-likeness (QED) is 0.306. The number of rotatable bonds is 8. The maximum Gasteiger partial charge on any atom is 0.266 e. The maximum atomic E-state index is 12.9. The van der Waals surface area contributed by atoms with Crippen molar-refractivity contribution in [2.24, 2.45) is 0 Å². The first-order valence-corrected chi connectivity index (χ1v) is 12.7. The van der Waals surface area contributed by atoms with Gasteiger partial charge in [-0.05, 0) is 35.4 Å². The number of thiocarbonyl (C=S) groups is 1. The van der Waals surface area contributed by atoms with Crippen LogP contribution in [0.5, 0.6) is 11.5 Å². The van der Waals surface area contributed by atoms with Gasteiger partial charge in [0, 0.05) is 22.5 Å². The van der Waals surface area contributed by atoms with Crippen LogP contribution in [0.3, 0.4) is 0 Å². The number of hydrogen-bond donors (Lipinski definition) is 1. The van der Waals surface area contributed by atoms with Crippen LogP contribution < -0.4 is 14.8 Å². The number of anilines is 1. The van der Waals surface area contributed by atoms with E-state index in [2.05, 4.69) is 10.3 Å². The fourth-order valence-corrected chi connectivity index (χ4v) is 5.62. The molecule has 0 unspecified atom stereocenters. The fourth-order valence-electron chi connectivity index (χ4n) is 3.31. The molecule has 1 fully saturated rings. The molecule has 0 spiro atoms. The molecule has 2 heterocycles. The third kappa shape index (κ3) is 6.02. The summed E-state index contributed by atoms with van der Waals surface area (Å²) in [6.07, 6.45) is 4.03. The van der Waals surface area contributed by atoms with Gasteiger partial charge in [0.25, 0.3) is 5.91 Å². The molecule has 180 valence electrons. The third-order valence-corrected chi connectivity index (χ3v) is 7.66. The number of benzene rings is 2. The van der Waals surface area contributed by atoms with Gasteiger partial charge in [-0.15, -0.1) is 11.3 Å². The Morgan fingerprint density at radius 2 is 1.97 bits per heavy atom. The van der Waals surface area contributed by atoms with Crippen LogP contribution in [0.1, 0.15) is 16.0 Å². The molecule has 11 heteroatoms. The molecule has 1 N–H and O–H groups in total. The average molecular weight is 546 g/mol. The van der Waals surface area contributed by atoms with Gasteiger partial charge in [-0.1, -0.05) is 59.8 Å². The van der Waals surface area contributed by atoms with Crippen LogP contribution in [-0.2, 0) is 16.0 Å². The second-order valence-corrected chi connectivity index (χ2v) is 10.5. The lowest BCUT2D eigenvalue weighted by Crippen LogP contribution is -2.36. The van der Waals surface area contributed by atoms with Gasteiger partial charge in [-0.25, -0.2) is 4.98 Å². The van der Waals surface area contributed by atoms with Crippen LogP contribution in [-0.4, -0.2) is 46.8 Å². The monoisotopic (exact) mass is 545 g/mol. The molecule has 7 nitrogen and oxygen atoms in total. The maximum absolute atomic E-state index is 12.9. The van der Waals surface area contributed by atoms with Gasteiger partial charge in [0.05, 0.1) is 19.1 Å². The molecule has 2 aromatic carbocycles. The van der Waals surface area contributed by atoms with Gasteiger partial charge in [-0.3, -0.25) is 14.5 Å². The predicted molar refractivity (Wildman–Crippen MR) is 144 cm³/mol. The zero-order valence-corrected chi connectivity index (χ0v) is 21.9. The minimum absolute atomic E-state index is 0.201. The predicted octanol–water partition coefficient (Wildman–Crippen LogP) is 5.24. The van der Waals surface area contributed by atoms with Gasteiger partial charge in [0.2, 0.25) is 5.91 Å². The standard InChI is InChI=1S/C24H20ClN3O4S3/c1-31-18-8-7-14(9-19(18)32-2)10-20-22(30)28(24(33)35-20)13-21(29)27-23-26-12-16(34-23)11-15-5-3-4-6-17(15)25/h3-10,12H,11,13H2,1-2H3,(H,26,27,29)/b20-10-. The van der Waals surface area contributed by atoms with Crippen molar-refractivity contribution in [3.8, 4) is 11.5 Å². The summed E-state index contributed by atoms with van der Waals surface area (Å²) < 4.78 is 10.9. The molecule has 0 saturated carbocycles. The van der Waals surface area contributed by atoms with E-state index in [9.17, 15) is 9.59 Å². The largest absolute Gasteiger partial charge is 0.493 e. The summed E-state index contributed by atoms with van der Waals surface area (Å²) in [5.41, 5.74) is 1.73. The molecule has 1 aliphatic rings. The molecule has 0 bridgehead atoms. The minimum atomic E-state index is -0.382. The summed E-state index contributed by atoms with van der Waals surface area (Å²) in [6, 6.07) is 12.9. The number of aromatic nitrogens is 1. The van der Waals surface area contributed by atoms with E-state index < -0.39 is 0 Å². The second kappa shape index (κ2) is 11.2. The summed E-state index contributed by atoms with van der Waals surface area (Å²) >= 11 is 14.1. The van der Waals surface area contributed by atoms with Gasteiger partial charge < -0.3 is 14.8 Å². The zero-order chi connectivity index (χ0) is 24.9. The van der Waals surface area contributed by atoms with E-state index in [0.29, 0.717) is 37.3 Å². The van der Waals surface area contributed by atoms with Crippen molar-refractivity contribution in [3.05, 3.63) is 74.6 Å². The molecule has 2 amide bonds. The summed E-state index contributed by atoms with van der Waals surface area (Å²) in [7, 11) is 3.10. The number of carbonyl (C=O) groups excluding carboxylic acids is 2. The summed E-state index contributed by atoms with van der Waals surface area (Å²) in [6.45, 7) is -0.201. The molecule has 0 aliphatic carbocycles. The molecule has 0 radical (unpaired) electrons. The van der Waals surface area contributed by atoms with Crippen molar-refractivity contribution in [2.75, 3.05) is 26.1 Å². The lowest BCUT2D eigenvalue weighted by molar-refractivity contribution is -0.126. The summed E-state index contributed by atoms with van der Waals surface area (Å²) in [5.74, 6) is 0.426. The number of nitrogens with one attached hydrogen (secondary N) is 1. The van der Waals surface area contributed by atoms with Crippen LogP contribution in [0.15, 0.2) is 53.6 Å². The first-order valence-electron chi connectivity index (χ1n) is 10.3. The highest BCUT2D eigenvalue weighted by atomic mass is 35.5. The lowest BCUT2D eigenvalue weighted by Gasteiger charge is -2.13. The average Bonchev–Trinajstić information content (AvgIpc) is 3.39. The van der Waals surface area contributed by atoms with Crippen LogP contribution in [0.2, 0.25) is 5.02 Å². The number of amides is 2. The first kappa shape index (κ1) is 25.2. The normalized spacial score (nSPS) is 14.5. The van der Waals surface area contributed by atoms with Gasteiger partial charge in [0.1, 0.15) is 10.9 Å². The zero-order valence-electron chi connectivity index (χ0n) is 18.7. The number of ether oxygens (including phenoxy) is 2. The molecule has 3 aromatic rings. The van der Waals surface area contributed by atoms with Crippen LogP contribution in [0, 0.1) is 0 Å². The molecular formula is C24H20ClN3O4S3. The van der Waals surface area contributed by atoms with E-state index in [1.807, 2.05) is 30.3 Å². The Balaban J connectivity index is 1.39. The van der Waals surface area contributed by atoms with Crippen LogP contribution in [0.25, 0.3) is 6.08 Å². The Hall–Kier alpha value is -2.92. The Labute approximate surface area is 221 Å². The van der Waals surface area contributed by atoms with Crippen LogP contribution in [0.4, 0.5) is 5.13 Å². The van der Waals surface area contributed by atoms with E-state index in [4.69, 9.17) is 33.3 Å². The SMILES string of the molecule is COc1ccc(/C=C2\SC(=S)N(CC(=O)Nc3ncc(Cc4ccccc4Cl)s3)C2=O)cc1OC. The van der Waals surface area contributed by atoms with Crippen molar-refractivity contribution in [1.82, 2.24) is 9.88 Å². The number of hydrogen-bond acceptors (Lipinski definition) is 8. The molecule has 0 atom stereocenters. The van der Waals surface area contributed by atoms with Crippen molar-refractivity contribution in [1.29, 1.82) is 0 Å². The van der Waals surface area contributed by atoms with Gasteiger partial charge in [0.15, 0.2) is 16.6 Å². The molecule has 1 saturated heterocycles. The topological polar surface area (TPSA) is 80.8 Å². The molecule has 1 aliphatic heterocycles. The molecule has 4 rings (SSSR count). The van der Waals surface area contributed by atoms with Gasteiger partial charge >= 0.3 is 0 Å². The van der Waals surface area contributed by atoms with Crippen molar-refractivity contribution >= 4 is 74.3 Å². The van der Waals surface area contributed by atoms with E-state index in [1.54, 1.807) is 38.6 Å². The van der Waals surface area contributed by atoms with Crippen molar-refractivity contribution < 1.29 is 19.1 Å². The smallest absolute Gasteiger partial charge is 0.266 e. The minimum Gasteiger partial charge on any atom is -0.493 e. The Bertz CT molecular complexity index is 1320. The van der Waals surface area contributed by atoms with E-state index in [-0.39, 0.29) is 18.4 Å². The summed E-state index contributed by atoms with van der Waals surface area (Å²) in [4.78, 5) is 32.5. The number of thioether (sulfide) groups is 1. The first-order chi connectivity index (χ1) is 16.9. The highest BCUT2D eigenvalue weighted by Crippen LogP contribution is 2.34. The Morgan fingerprint density at radius 1 is 1.20 bits per heavy atom. The number of thiazole rings is 1. The van der Waals surface area contributed by atoms with Crippen molar-refractivity contribution in [3.63, 3.8) is 0 Å². The summed E-state index contributed by atoms with van der Waals surface area (Å²) in [5, 5.41) is 3.88. The third-order valence-electron chi connectivity index (χ3n) is 5.00. The number of nitrogens with zero attached hydrogens (tertiary/aromatic N) is 2. The lowest BCUT2D eigenvalue weighted by atomic mass is 10.1. The molecule has 35 heavy (non-hydrogen) atoms. The Kier molecular flexibility index (Phi) is 8.07. The number of methoxy groups -OCH3 is 2. The molecular weight excluding hydrogens is 526 g/mol.